The molecule has 0 bridgehead atoms. The highest BCUT2D eigenvalue weighted by Crippen LogP contribution is 2.26. The van der Waals surface area contributed by atoms with Crippen molar-refractivity contribution in [2.45, 2.75) is 25.8 Å². The number of carboxylic acid groups (broad SMARTS) is 1. The predicted octanol–water partition coefficient (Wildman–Crippen LogP) is 1.66. The van der Waals surface area contributed by atoms with Crippen LogP contribution < -0.4 is 5.32 Å². The maximum Gasteiger partial charge on any atom is 0.405 e. The Morgan fingerprint density at radius 1 is 1.82 bits per heavy atom. The summed E-state index contributed by atoms with van der Waals surface area (Å²) < 4.78 is 12.7. The zero-order chi connectivity index (χ0) is 8.43. The van der Waals surface area contributed by atoms with Gasteiger partial charge in [-0.15, -0.1) is 0 Å². The fraction of sp³-hybridized carbons (Fsp3) is 0.571. The van der Waals surface area contributed by atoms with Gasteiger partial charge in [0.2, 0.25) is 0 Å². The molecule has 0 aromatic rings. The largest absolute Gasteiger partial charge is 0.465 e. The van der Waals surface area contributed by atoms with E-state index in [2.05, 4.69) is 5.32 Å². The molecule has 0 aromatic carbocycles. The van der Waals surface area contributed by atoms with Crippen LogP contribution in [-0.2, 0) is 0 Å². The van der Waals surface area contributed by atoms with Gasteiger partial charge in [-0.05, 0) is 18.9 Å². The molecule has 3 nitrogen and oxygen atoms in total. The molecule has 0 saturated heterocycles. The first-order chi connectivity index (χ1) is 5.11. The third-order valence-electron chi connectivity index (χ3n) is 1.90. The smallest absolute Gasteiger partial charge is 0.405 e. The monoisotopic (exact) mass is 159 g/mol. The fourth-order valence-corrected chi connectivity index (χ4v) is 1.20. The van der Waals surface area contributed by atoms with Crippen LogP contribution in [0.2, 0.25) is 0 Å². The van der Waals surface area contributed by atoms with E-state index in [4.69, 9.17) is 5.11 Å². The lowest BCUT2D eigenvalue weighted by atomic mass is 10.2. The Hall–Kier alpha value is -1.06. The normalized spacial score (nSPS) is 24.0. The highest BCUT2D eigenvalue weighted by molar-refractivity contribution is 5.65. The first-order valence-electron chi connectivity index (χ1n) is 3.46. The van der Waals surface area contributed by atoms with Crippen molar-refractivity contribution in [2.75, 3.05) is 0 Å². The molecule has 2 N–H and O–H groups in total. The van der Waals surface area contributed by atoms with Crippen molar-refractivity contribution in [3.63, 3.8) is 0 Å². The van der Waals surface area contributed by atoms with Gasteiger partial charge in [0.25, 0.3) is 0 Å². The van der Waals surface area contributed by atoms with Gasteiger partial charge in [0.1, 0.15) is 5.83 Å². The fourth-order valence-electron chi connectivity index (χ4n) is 1.20. The van der Waals surface area contributed by atoms with Gasteiger partial charge in [0.05, 0.1) is 6.04 Å². The van der Waals surface area contributed by atoms with E-state index < -0.39 is 6.09 Å². The van der Waals surface area contributed by atoms with Crippen molar-refractivity contribution in [3.05, 3.63) is 11.4 Å². The van der Waals surface area contributed by atoms with Crippen LogP contribution in [0.4, 0.5) is 9.18 Å². The van der Waals surface area contributed by atoms with Gasteiger partial charge in [-0.2, -0.15) is 0 Å². The summed E-state index contributed by atoms with van der Waals surface area (Å²) in [5.41, 5.74) is 0.521. The van der Waals surface area contributed by atoms with Gasteiger partial charge >= 0.3 is 6.09 Å². The quantitative estimate of drug-likeness (QED) is 0.611. The van der Waals surface area contributed by atoms with Gasteiger partial charge < -0.3 is 10.4 Å². The number of rotatable bonds is 1. The van der Waals surface area contributed by atoms with Crippen molar-refractivity contribution in [3.8, 4) is 0 Å². The molecule has 1 unspecified atom stereocenters. The minimum absolute atomic E-state index is 0.177. The number of halogens is 1. The topological polar surface area (TPSA) is 49.3 Å². The summed E-state index contributed by atoms with van der Waals surface area (Å²) in [6.07, 6.45) is -0.190. The molecule has 0 aromatic heterocycles. The molecular weight excluding hydrogens is 149 g/mol. The Labute approximate surface area is 63.9 Å². The van der Waals surface area contributed by atoms with Crippen molar-refractivity contribution in [1.29, 1.82) is 0 Å². The second-order valence-corrected chi connectivity index (χ2v) is 2.63. The summed E-state index contributed by atoms with van der Waals surface area (Å²) in [6.45, 7) is 1.61. The van der Waals surface area contributed by atoms with Crippen LogP contribution in [0.3, 0.4) is 0 Å². The van der Waals surface area contributed by atoms with Crippen molar-refractivity contribution in [2.24, 2.45) is 0 Å². The van der Waals surface area contributed by atoms with Crippen LogP contribution in [0.5, 0.6) is 0 Å². The van der Waals surface area contributed by atoms with Gasteiger partial charge in [-0.1, -0.05) is 0 Å². The molecule has 1 aliphatic rings. The summed E-state index contributed by atoms with van der Waals surface area (Å²) in [4.78, 5) is 10.2. The van der Waals surface area contributed by atoms with Gasteiger partial charge in [-0.3, -0.25) is 0 Å². The predicted molar refractivity (Wildman–Crippen MR) is 38.0 cm³/mol. The van der Waals surface area contributed by atoms with Gasteiger partial charge in [0.15, 0.2) is 0 Å². The lowest BCUT2D eigenvalue weighted by Gasteiger charge is -2.09. The number of amides is 1. The number of carbonyl (C=O) groups is 1. The molecule has 0 radical (unpaired) electrons. The summed E-state index contributed by atoms with van der Waals surface area (Å²) in [7, 11) is 0. The van der Waals surface area contributed by atoms with E-state index in [1.54, 1.807) is 6.92 Å². The van der Waals surface area contributed by atoms with Crippen LogP contribution in [0.15, 0.2) is 11.4 Å². The van der Waals surface area contributed by atoms with E-state index in [1.165, 1.54) is 0 Å². The molecule has 4 heteroatoms. The molecule has 0 fully saturated rings. The van der Waals surface area contributed by atoms with E-state index in [0.717, 1.165) is 0 Å². The van der Waals surface area contributed by atoms with Crippen LogP contribution in [0.25, 0.3) is 0 Å². The zero-order valence-electron chi connectivity index (χ0n) is 6.22. The summed E-state index contributed by atoms with van der Waals surface area (Å²) >= 11 is 0. The third-order valence-corrected chi connectivity index (χ3v) is 1.90. The van der Waals surface area contributed by atoms with Crippen molar-refractivity contribution in [1.82, 2.24) is 5.32 Å². The van der Waals surface area contributed by atoms with E-state index in [1.807, 2.05) is 0 Å². The first-order valence-corrected chi connectivity index (χ1v) is 3.46. The third kappa shape index (κ3) is 1.69. The summed E-state index contributed by atoms with van der Waals surface area (Å²) in [5, 5.41) is 10.6. The molecule has 0 spiro atoms. The molecule has 1 atom stereocenters. The first kappa shape index (κ1) is 8.04. The van der Waals surface area contributed by atoms with Gasteiger partial charge in [0, 0.05) is 6.42 Å². The Balaban J connectivity index is 2.57. The number of nitrogens with one attached hydrogen (secondary N) is 1. The van der Waals surface area contributed by atoms with E-state index in [0.29, 0.717) is 18.4 Å². The van der Waals surface area contributed by atoms with Crippen molar-refractivity contribution >= 4 is 6.09 Å². The van der Waals surface area contributed by atoms with E-state index in [9.17, 15) is 9.18 Å². The maximum absolute atomic E-state index is 12.7. The molecule has 1 rings (SSSR count). The number of hydrogen-bond donors (Lipinski definition) is 2. The summed E-state index contributed by atoms with van der Waals surface area (Å²) in [6, 6.07) is -0.313. The molecular formula is C7H10FNO2. The number of hydrogen-bond acceptors (Lipinski definition) is 1. The highest BCUT2D eigenvalue weighted by Gasteiger charge is 2.23. The average molecular weight is 159 g/mol. The summed E-state index contributed by atoms with van der Waals surface area (Å²) in [5.74, 6) is -0.177. The SMILES string of the molecule is CC1=C(F)CCC1NC(=O)O. The minimum Gasteiger partial charge on any atom is -0.465 e. The zero-order valence-corrected chi connectivity index (χ0v) is 6.22. The molecule has 0 saturated carbocycles. The lowest BCUT2D eigenvalue weighted by Crippen LogP contribution is -2.32. The maximum atomic E-state index is 12.7. The van der Waals surface area contributed by atoms with Gasteiger partial charge in [-0.25, -0.2) is 9.18 Å². The molecule has 11 heavy (non-hydrogen) atoms. The Bertz CT molecular complexity index is 212. The molecule has 1 amide bonds. The Morgan fingerprint density at radius 3 is 2.82 bits per heavy atom. The van der Waals surface area contributed by atoms with Crippen molar-refractivity contribution < 1.29 is 14.3 Å². The lowest BCUT2D eigenvalue weighted by molar-refractivity contribution is 0.191. The van der Waals surface area contributed by atoms with Crippen LogP contribution in [-0.4, -0.2) is 17.2 Å². The molecule has 1 aliphatic carbocycles. The highest BCUT2D eigenvalue weighted by atomic mass is 19.1. The number of allylic oxidation sites excluding steroid dienone is 1. The Morgan fingerprint density at radius 2 is 2.45 bits per heavy atom. The standard InChI is InChI=1S/C7H10FNO2/c1-4-5(8)2-3-6(4)9-7(10)11/h6,9H,2-3H2,1H3,(H,10,11). The Kier molecular flexibility index (Phi) is 2.12. The second kappa shape index (κ2) is 2.90. The molecule has 62 valence electrons. The average Bonchev–Trinajstić information content (AvgIpc) is 2.18. The van der Waals surface area contributed by atoms with E-state index >= 15 is 0 Å². The molecule has 0 heterocycles. The van der Waals surface area contributed by atoms with Crippen LogP contribution >= 0.6 is 0 Å². The second-order valence-electron chi connectivity index (χ2n) is 2.63. The van der Waals surface area contributed by atoms with Crippen LogP contribution in [0.1, 0.15) is 19.8 Å². The van der Waals surface area contributed by atoms with Crippen LogP contribution in [0, 0.1) is 0 Å². The van der Waals surface area contributed by atoms with E-state index in [-0.39, 0.29) is 11.9 Å². The molecule has 0 aliphatic heterocycles. The minimum atomic E-state index is -1.09.